The van der Waals surface area contributed by atoms with E-state index in [-0.39, 0.29) is 61.8 Å². The third-order valence-electron chi connectivity index (χ3n) is 9.28. The molecule has 53 heavy (non-hydrogen) atoms. The van der Waals surface area contributed by atoms with Gasteiger partial charge in [0.2, 0.25) is 6.29 Å². The number of esters is 1. The van der Waals surface area contributed by atoms with Gasteiger partial charge in [-0.15, -0.1) is 6.58 Å². The number of nitrogens with two attached hydrogens (primary N) is 1. The Morgan fingerprint density at radius 1 is 1.15 bits per heavy atom. The minimum atomic E-state index is -1.48. The predicted octanol–water partition coefficient (Wildman–Crippen LogP) is -0.247. The number of allylic oxidation sites excluding steroid dienone is 2. The number of nitrogens with one attached hydrogen (secondary N) is 1. The highest BCUT2D eigenvalue weighted by Crippen LogP contribution is 2.38. The lowest BCUT2D eigenvalue weighted by atomic mass is 9.83. The number of hydrogen-bond donors (Lipinski definition) is 8. The Kier molecular flexibility index (Phi) is 15.9. The Balaban J connectivity index is 1.73. The van der Waals surface area contributed by atoms with Crippen molar-refractivity contribution in [2.45, 2.75) is 95.2 Å². The molecule has 1 aliphatic carbocycles. The summed E-state index contributed by atoms with van der Waals surface area (Å²) in [6, 6.07) is 0. The second kappa shape index (κ2) is 20.0. The minimum absolute atomic E-state index is 0.0583. The van der Waals surface area contributed by atoms with Gasteiger partial charge in [-0.2, -0.15) is 0 Å². The number of aliphatic imine (C=N–C) groups is 1. The molecule has 0 radical (unpaired) electrons. The van der Waals surface area contributed by atoms with Gasteiger partial charge in [0.05, 0.1) is 54.9 Å². The van der Waals surface area contributed by atoms with E-state index in [0.717, 1.165) is 25.7 Å². The average Bonchev–Trinajstić information content (AvgIpc) is 3.64. The van der Waals surface area contributed by atoms with Crippen molar-refractivity contribution in [1.82, 2.24) is 10.2 Å². The van der Waals surface area contributed by atoms with E-state index in [1.807, 2.05) is 0 Å². The Labute approximate surface area is 308 Å². The van der Waals surface area contributed by atoms with E-state index in [2.05, 4.69) is 16.9 Å². The van der Waals surface area contributed by atoms with Gasteiger partial charge < -0.3 is 70.3 Å². The summed E-state index contributed by atoms with van der Waals surface area (Å²) >= 11 is 0. The van der Waals surface area contributed by atoms with Crippen molar-refractivity contribution in [1.29, 1.82) is 0 Å². The van der Waals surface area contributed by atoms with Gasteiger partial charge in [-0.1, -0.05) is 18.2 Å². The molecule has 4 rings (SSSR count). The van der Waals surface area contributed by atoms with E-state index in [1.54, 1.807) is 37.1 Å². The third-order valence-corrected chi connectivity index (χ3v) is 9.28. The molecule has 0 bridgehead atoms. The number of carbonyl (C=O) groups is 2. The molecular formula is C36H54N4O13. The standard InChI is InChI=1S/C36H54N4O13/c1-4-23-24(11-10-21-16-40(13-15-42)17-25(32(46)47)28(21)39-36(37)38-12-7-14-41)26(33(48)51-22-8-5-6-9-22)19-49-34(23)53-35-31(50-20(2)3)30(45)29(44)27(18-43)52-35/h4,10-11,16,19-20,22-24,27,29-31,34-35,41-45H,1,5-9,12-15,17-18H2,2-3H3,(H,46,47)(H3,37,38,39)/b11-10+/t23-,24+,27-,29-,30+,31-,34+,35+/m1/s1. The summed E-state index contributed by atoms with van der Waals surface area (Å²) < 4.78 is 29.8. The van der Waals surface area contributed by atoms with Crippen LogP contribution in [0.3, 0.4) is 0 Å². The van der Waals surface area contributed by atoms with E-state index in [4.69, 9.17) is 34.5 Å². The maximum absolute atomic E-state index is 13.7. The van der Waals surface area contributed by atoms with Crippen molar-refractivity contribution in [3.63, 3.8) is 0 Å². The van der Waals surface area contributed by atoms with Crippen LogP contribution in [-0.2, 0) is 33.3 Å². The molecule has 0 aromatic rings. The van der Waals surface area contributed by atoms with Gasteiger partial charge in [0.25, 0.3) is 0 Å². The number of carboxylic acids is 1. The topological polar surface area (TPSA) is 255 Å². The molecule has 3 aliphatic heterocycles. The predicted molar refractivity (Wildman–Crippen MR) is 189 cm³/mol. The summed E-state index contributed by atoms with van der Waals surface area (Å²) in [5.41, 5.74) is 6.65. The van der Waals surface area contributed by atoms with Gasteiger partial charge in [0.15, 0.2) is 12.2 Å². The number of guanidine groups is 1. The first-order chi connectivity index (χ1) is 25.4. The normalized spacial score (nSPS) is 30.0. The Bertz CT molecular complexity index is 1420. The zero-order valence-corrected chi connectivity index (χ0v) is 30.2. The smallest absolute Gasteiger partial charge is 0.338 e. The average molecular weight is 751 g/mol. The number of aliphatic hydroxyl groups is 5. The lowest BCUT2D eigenvalue weighted by Gasteiger charge is -2.44. The van der Waals surface area contributed by atoms with Gasteiger partial charge >= 0.3 is 11.9 Å². The van der Waals surface area contributed by atoms with Crippen LogP contribution in [0.4, 0.5) is 0 Å². The highest BCUT2D eigenvalue weighted by molar-refractivity contribution is 5.92. The highest BCUT2D eigenvalue weighted by atomic mass is 16.8. The van der Waals surface area contributed by atoms with Crippen molar-refractivity contribution in [3.05, 3.63) is 59.7 Å². The van der Waals surface area contributed by atoms with Crippen LogP contribution in [0.25, 0.3) is 0 Å². The number of β-amino-alcohol motifs (C(OH)–C–C–N with tert-alkyl or cyclic N) is 1. The Morgan fingerprint density at radius 3 is 2.51 bits per heavy atom. The fourth-order valence-corrected chi connectivity index (χ4v) is 6.59. The molecule has 1 saturated carbocycles. The summed E-state index contributed by atoms with van der Waals surface area (Å²) in [5.74, 6) is -3.59. The van der Waals surface area contributed by atoms with Gasteiger partial charge in [-0.25, -0.2) is 9.59 Å². The van der Waals surface area contributed by atoms with E-state index in [0.29, 0.717) is 12.0 Å². The van der Waals surface area contributed by atoms with Gasteiger partial charge in [0.1, 0.15) is 30.5 Å². The highest BCUT2D eigenvalue weighted by Gasteiger charge is 2.49. The Morgan fingerprint density at radius 2 is 1.89 bits per heavy atom. The molecule has 0 amide bonds. The number of carboxylic acid groups (broad SMARTS) is 1. The van der Waals surface area contributed by atoms with Crippen molar-refractivity contribution >= 4 is 17.9 Å². The number of aliphatic hydroxyl groups excluding tert-OH is 5. The van der Waals surface area contributed by atoms with Gasteiger partial charge in [0, 0.05) is 37.4 Å². The molecule has 3 heterocycles. The van der Waals surface area contributed by atoms with Crippen LogP contribution >= 0.6 is 0 Å². The third kappa shape index (κ3) is 10.9. The summed E-state index contributed by atoms with van der Waals surface area (Å²) in [6.07, 6.45) is 2.75. The second-order valence-electron chi connectivity index (χ2n) is 13.5. The molecule has 2 fully saturated rings. The van der Waals surface area contributed by atoms with Crippen LogP contribution in [0, 0.1) is 11.8 Å². The number of hydrogen-bond acceptors (Lipinski definition) is 14. The molecule has 0 aromatic heterocycles. The molecule has 17 heteroatoms. The second-order valence-corrected chi connectivity index (χ2v) is 13.5. The van der Waals surface area contributed by atoms with Gasteiger partial charge in [-0.05, 0) is 46.0 Å². The largest absolute Gasteiger partial charge is 0.478 e. The molecule has 9 N–H and O–H groups in total. The summed E-state index contributed by atoms with van der Waals surface area (Å²) in [5, 5.41) is 63.2. The zero-order chi connectivity index (χ0) is 38.7. The first kappa shape index (κ1) is 41.9. The van der Waals surface area contributed by atoms with Crippen LogP contribution in [-0.4, -0.2) is 142 Å². The zero-order valence-electron chi connectivity index (χ0n) is 30.2. The number of carbonyl (C=O) groups excluding carboxylic acids is 1. The van der Waals surface area contributed by atoms with Crippen molar-refractivity contribution in [2.24, 2.45) is 22.6 Å². The van der Waals surface area contributed by atoms with Crippen molar-refractivity contribution in [2.75, 3.05) is 39.5 Å². The first-order valence-corrected chi connectivity index (χ1v) is 17.9. The molecule has 0 spiro atoms. The number of aliphatic carboxylic acids is 1. The van der Waals surface area contributed by atoms with Crippen LogP contribution in [0.15, 0.2) is 64.7 Å². The van der Waals surface area contributed by atoms with Crippen molar-refractivity contribution < 1.29 is 63.9 Å². The summed E-state index contributed by atoms with van der Waals surface area (Å²) in [4.78, 5) is 32.0. The monoisotopic (exact) mass is 750 g/mol. The van der Waals surface area contributed by atoms with Crippen LogP contribution in [0.5, 0.6) is 0 Å². The fraction of sp³-hybridized carbons (Fsp3) is 0.639. The van der Waals surface area contributed by atoms with E-state index in [1.165, 1.54) is 12.3 Å². The summed E-state index contributed by atoms with van der Waals surface area (Å²) in [6.45, 7) is 6.73. The van der Waals surface area contributed by atoms with E-state index >= 15 is 0 Å². The molecule has 1 saturated heterocycles. The quantitative estimate of drug-likeness (QED) is 0.0314. The Hall–Kier alpha value is -3.81. The van der Waals surface area contributed by atoms with Crippen molar-refractivity contribution in [3.8, 4) is 0 Å². The minimum Gasteiger partial charge on any atom is -0.478 e. The lowest BCUT2D eigenvalue weighted by Crippen LogP contribution is -2.61. The van der Waals surface area contributed by atoms with E-state index < -0.39 is 73.5 Å². The van der Waals surface area contributed by atoms with Crippen LogP contribution < -0.4 is 11.1 Å². The molecular weight excluding hydrogens is 696 g/mol. The SMILES string of the molecule is C=C[C@H]1[C@H](O[C@@H]2O[C@H](CO)[C@@H](O)[C@H](O)[C@H]2OC(C)C)OC=C(C(=O)OC2CCCC2)[C@H]1/C=C/C1=CN(CCO)CC(C(=O)O)=C1NC(N)=NCCCO. The maximum atomic E-state index is 13.7. The number of rotatable bonds is 17. The maximum Gasteiger partial charge on any atom is 0.338 e. The molecule has 0 aromatic carbocycles. The lowest BCUT2D eigenvalue weighted by molar-refractivity contribution is -0.348. The number of nitrogens with zero attached hydrogens (tertiary/aromatic N) is 2. The molecule has 296 valence electrons. The fourth-order valence-electron chi connectivity index (χ4n) is 6.59. The molecule has 4 aliphatic rings. The summed E-state index contributed by atoms with van der Waals surface area (Å²) in [7, 11) is 0. The van der Waals surface area contributed by atoms with Crippen LogP contribution in [0.2, 0.25) is 0 Å². The molecule has 8 atom stereocenters. The number of ether oxygens (including phenoxy) is 5. The van der Waals surface area contributed by atoms with Gasteiger partial charge in [-0.3, -0.25) is 4.99 Å². The first-order valence-electron chi connectivity index (χ1n) is 17.9. The van der Waals surface area contributed by atoms with Crippen LogP contribution in [0.1, 0.15) is 46.0 Å². The van der Waals surface area contributed by atoms with E-state index in [9.17, 15) is 35.1 Å². The molecule has 0 unspecified atom stereocenters. The molecule has 17 nitrogen and oxygen atoms in total.